The average molecular weight is 1820 g/mol. The van der Waals surface area contributed by atoms with Crippen molar-refractivity contribution in [2.75, 3.05) is 14.7 Å². The summed E-state index contributed by atoms with van der Waals surface area (Å²) in [5, 5.41) is 0. The first kappa shape index (κ1) is 86.7. The van der Waals surface area contributed by atoms with Gasteiger partial charge >= 0.3 is 0 Å². The number of alkyl halides is 2. The summed E-state index contributed by atoms with van der Waals surface area (Å²) >= 11 is 0. The number of benzene rings is 21. The Morgan fingerprint density at radius 3 is 0.901 bits per heavy atom. The van der Waals surface area contributed by atoms with Gasteiger partial charge in [-0.25, -0.2) is 8.78 Å². The number of hydrogen-bond acceptors (Lipinski definition) is 3. The van der Waals surface area contributed by atoms with Crippen LogP contribution in [0.3, 0.4) is 0 Å². The van der Waals surface area contributed by atoms with Gasteiger partial charge in [-0.3, -0.25) is 0 Å². The van der Waals surface area contributed by atoms with Crippen molar-refractivity contribution < 1.29 is 8.78 Å². The zero-order chi connectivity index (χ0) is 95.1. The van der Waals surface area contributed by atoms with Gasteiger partial charge in [-0.15, -0.1) is 0 Å². The van der Waals surface area contributed by atoms with Crippen LogP contribution in [0, 0.1) is 0 Å². The number of hydrogen-bond donors (Lipinski definition) is 0. The van der Waals surface area contributed by atoms with E-state index in [0.717, 1.165) is 78.6 Å². The third-order valence-corrected chi connectivity index (χ3v) is 30.2. The number of rotatable bonds is 15. The van der Waals surface area contributed by atoms with Crippen LogP contribution in [-0.4, -0.2) is 0 Å². The summed E-state index contributed by atoms with van der Waals surface area (Å²) in [5.41, 5.74) is 39.5. The molecular weight excluding hydrogens is 1710 g/mol. The quantitative estimate of drug-likeness (QED) is 0.101. The highest BCUT2D eigenvalue weighted by molar-refractivity contribution is 5.97. The van der Waals surface area contributed by atoms with E-state index in [2.05, 4.69) is 438 Å². The van der Waals surface area contributed by atoms with Crippen molar-refractivity contribution in [2.45, 2.75) is 62.2 Å². The third kappa shape index (κ3) is 14.7. The second kappa shape index (κ2) is 35.2. The lowest BCUT2D eigenvalue weighted by Gasteiger charge is -2.43. The van der Waals surface area contributed by atoms with Crippen LogP contribution < -0.4 is 14.7 Å². The van der Waals surface area contributed by atoms with Crippen LogP contribution in [0.2, 0.25) is 0 Å². The summed E-state index contributed by atoms with van der Waals surface area (Å²) in [4.78, 5) is 7.04. The van der Waals surface area contributed by atoms with Crippen molar-refractivity contribution >= 4 is 51.2 Å². The monoisotopic (exact) mass is 1810 g/mol. The zero-order valence-corrected chi connectivity index (χ0v) is 79.2. The van der Waals surface area contributed by atoms with Gasteiger partial charge in [0.25, 0.3) is 0 Å². The van der Waals surface area contributed by atoms with Crippen LogP contribution in [0.5, 0.6) is 0 Å². The smallest absolute Gasteiger partial charge is 0.187 e. The number of para-hydroxylation sites is 1. The fraction of sp³-hybridized carbons (Fsp3) is 0.0735. The number of anilines is 9. The van der Waals surface area contributed by atoms with Crippen molar-refractivity contribution in [3.8, 4) is 100 Å². The molecule has 3 nitrogen and oxygen atoms in total. The Balaban J connectivity index is 0.000000115. The van der Waals surface area contributed by atoms with Crippen molar-refractivity contribution in [1.29, 1.82) is 0 Å². The highest BCUT2D eigenvalue weighted by Gasteiger charge is 2.49. The van der Waals surface area contributed by atoms with Crippen LogP contribution in [0.1, 0.15) is 107 Å². The molecule has 3 unspecified atom stereocenters. The molecule has 5 heteroatoms. The minimum atomic E-state index is -1.78. The minimum absolute atomic E-state index is 0.159. The Bertz CT molecular complexity index is 8120. The van der Waals surface area contributed by atoms with Gasteiger partial charge in [0.2, 0.25) is 0 Å². The molecule has 21 aromatic rings. The van der Waals surface area contributed by atoms with Crippen LogP contribution in [0.15, 0.2) is 522 Å². The summed E-state index contributed by atoms with van der Waals surface area (Å²) in [5.74, 6) is 0. The van der Waals surface area contributed by atoms with E-state index in [1.807, 2.05) is 133 Å². The standard InChI is InChI=1S/C47H37N.C46H34FN.C43H30FN/c1-46(2)42-29-34(32-15-7-4-8-16-32)23-27-44(42)48(45-28-24-35(30-43(45)46)33-17-9-5-10-18-33)37-25-26-39-38-21-13-14-22-40(38)47(3,41(39)31-37)36-19-11-6-12-20-36;1-45(2)40-22-12-9-20-36(40)38-27-25-33(29-42(38)45)48(44-24-14-11-19-35(44)31-15-5-3-6-16-31)34-26-28-39-37-21-10-13-23-41(37)46(47,43(39)30-34)32-17-7-4-8-18-32;44-43(35-16-8-3-9-17-35)41-19-11-10-18-39(41)40-29-28-38(30-42(40)43)45(36-24-20-33(21-25-36)31-12-4-1-5-13-31)37-26-22-34(23-27-37)32-14-6-2-7-15-32/h4-31H,1-3H3;3-30H,1-2H3;1-30H. The highest BCUT2D eigenvalue weighted by atomic mass is 19.1. The number of fused-ring (bicyclic) bond motifs is 14. The summed E-state index contributed by atoms with van der Waals surface area (Å²) in [6, 6.07) is 183. The van der Waals surface area contributed by atoms with Crippen molar-refractivity contribution in [2.24, 2.45) is 0 Å². The predicted molar refractivity (Wildman–Crippen MR) is 583 cm³/mol. The maximum atomic E-state index is 18.0. The molecule has 0 amide bonds. The molecule has 5 aliphatic rings. The maximum Gasteiger partial charge on any atom is 0.187 e. The first-order valence-electron chi connectivity index (χ1n) is 48.9. The molecule has 0 fully saturated rings. The molecule has 4 aliphatic carbocycles. The van der Waals surface area contributed by atoms with E-state index in [1.165, 1.54) is 112 Å². The fourth-order valence-electron chi connectivity index (χ4n) is 23.1. The first-order chi connectivity index (χ1) is 69.1. The Kier molecular flexibility index (Phi) is 21.6. The van der Waals surface area contributed by atoms with Gasteiger partial charge < -0.3 is 14.7 Å². The molecule has 0 radical (unpaired) electrons. The van der Waals surface area contributed by atoms with Gasteiger partial charge in [0, 0.05) is 78.2 Å². The van der Waals surface area contributed by atoms with E-state index in [9.17, 15) is 0 Å². The maximum absolute atomic E-state index is 18.0. The second-order valence-electron chi connectivity index (χ2n) is 38.8. The molecule has 1 heterocycles. The number of halogens is 2. The molecule has 0 aromatic heterocycles. The van der Waals surface area contributed by atoms with Crippen LogP contribution in [0.4, 0.5) is 60.0 Å². The van der Waals surface area contributed by atoms with Gasteiger partial charge in [-0.05, 0) is 255 Å². The van der Waals surface area contributed by atoms with E-state index in [4.69, 9.17) is 0 Å². The summed E-state index contributed by atoms with van der Waals surface area (Å²) in [6.45, 7) is 11.8. The van der Waals surface area contributed by atoms with Crippen LogP contribution in [-0.2, 0) is 27.6 Å². The molecular formula is C136H101F2N3. The zero-order valence-electron chi connectivity index (χ0n) is 79.2. The molecule has 1 aliphatic heterocycles. The van der Waals surface area contributed by atoms with E-state index in [0.29, 0.717) is 33.4 Å². The highest BCUT2D eigenvalue weighted by Crippen LogP contribution is 2.62. The Labute approximate surface area is 825 Å². The Hall–Kier alpha value is -17.1. The average Bonchev–Trinajstić information content (AvgIpc) is 1.56. The van der Waals surface area contributed by atoms with E-state index >= 15 is 8.78 Å². The largest absolute Gasteiger partial charge is 0.310 e. The minimum Gasteiger partial charge on any atom is -0.310 e. The molecule has 0 saturated carbocycles. The van der Waals surface area contributed by atoms with Crippen LogP contribution >= 0.6 is 0 Å². The Morgan fingerprint density at radius 1 is 0.177 bits per heavy atom. The summed E-state index contributed by atoms with van der Waals surface area (Å²) in [6.07, 6.45) is 0. The van der Waals surface area contributed by atoms with E-state index in [1.54, 1.807) is 0 Å². The lowest BCUT2D eigenvalue weighted by atomic mass is 9.72. The first-order valence-corrected chi connectivity index (χ1v) is 48.9. The molecule has 0 spiro atoms. The fourth-order valence-corrected chi connectivity index (χ4v) is 23.1. The van der Waals surface area contributed by atoms with Gasteiger partial charge in [-0.2, -0.15) is 0 Å². The predicted octanol–water partition coefficient (Wildman–Crippen LogP) is 36.6. The molecule has 0 saturated heterocycles. The summed E-state index contributed by atoms with van der Waals surface area (Å²) in [7, 11) is 0. The molecule has 0 N–H and O–H groups in total. The number of nitrogens with zero attached hydrogens (tertiary/aromatic N) is 3. The molecule has 141 heavy (non-hydrogen) atoms. The normalized spacial score (nSPS) is 16.1. The molecule has 674 valence electrons. The molecule has 0 bridgehead atoms. The van der Waals surface area contributed by atoms with Crippen molar-refractivity contribution in [1.82, 2.24) is 0 Å². The topological polar surface area (TPSA) is 9.72 Å². The van der Waals surface area contributed by atoms with E-state index in [-0.39, 0.29) is 16.2 Å². The lowest BCUT2D eigenvalue weighted by Crippen LogP contribution is -2.31. The SMILES string of the molecule is CC1(C)c2cc(-c3ccccc3)ccc2N(c2ccc3c(c2)C(C)(c2ccccc2)c2ccccc2-3)c2ccc(-c3ccccc3)cc21.CC1(C)c2ccccc2-c2ccc(N(c3ccc4c(c3)C(F)(c3ccccc3)c3ccccc3-4)c3ccccc3-c3ccccc3)cc21.FC1(c2ccccc2)c2ccccc2-c2ccc(N(c3ccc(-c4ccccc4)cc3)c3ccc(-c4ccccc4)cc3)cc21. The second-order valence-corrected chi connectivity index (χ2v) is 38.8. The molecule has 21 aromatic carbocycles. The molecule has 26 rings (SSSR count). The van der Waals surface area contributed by atoms with E-state index < -0.39 is 11.3 Å². The van der Waals surface area contributed by atoms with Crippen molar-refractivity contribution in [3.05, 3.63) is 594 Å². The van der Waals surface area contributed by atoms with Gasteiger partial charge in [0.15, 0.2) is 11.3 Å². The Morgan fingerprint density at radius 2 is 0.461 bits per heavy atom. The third-order valence-electron chi connectivity index (χ3n) is 30.2. The van der Waals surface area contributed by atoms with Crippen LogP contribution in [0.25, 0.3) is 100 Å². The summed E-state index contributed by atoms with van der Waals surface area (Å²) < 4.78 is 35.8. The van der Waals surface area contributed by atoms with Gasteiger partial charge in [-0.1, -0.05) is 446 Å². The lowest BCUT2D eigenvalue weighted by molar-refractivity contribution is 0.288. The van der Waals surface area contributed by atoms with Gasteiger partial charge in [0.1, 0.15) is 0 Å². The van der Waals surface area contributed by atoms with Crippen molar-refractivity contribution in [3.63, 3.8) is 0 Å². The van der Waals surface area contributed by atoms with Gasteiger partial charge in [0.05, 0.1) is 17.1 Å². The molecule has 3 atom stereocenters.